The van der Waals surface area contributed by atoms with Crippen molar-refractivity contribution < 1.29 is 14.6 Å². The first-order valence-electron chi connectivity index (χ1n) is 17.8. The molecule has 0 amide bonds. The summed E-state index contributed by atoms with van der Waals surface area (Å²) in [6, 6.07) is 13.7. The standard InChI is InChI=1S/C40H54N2O3/c1-26(2)7-6-8-27(3)35-19-20-36-34-18-11-29-25-33(21-23-39(29,4)37(34)22-24-40(35,36)5)45-38(44)28-9-12-30(13-10-28)41-42-31-14-16-32(43)17-15-31/h9-17,26-27,33-37,43H,6-8,18-25H2,1-5H3/t27-,33+,34+,35-,36+,37+,39+,40-/m1/s1. The molecule has 5 nitrogen and oxygen atoms in total. The maximum absolute atomic E-state index is 13.1. The number of esters is 1. The molecule has 4 aliphatic carbocycles. The summed E-state index contributed by atoms with van der Waals surface area (Å²) in [5, 5.41) is 17.9. The molecule has 0 bridgehead atoms. The number of ether oxygens (including phenoxy) is 1. The van der Waals surface area contributed by atoms with E-state index in [1.54, 1.807) is 54.1 Å². The molecule has 0 unspecified atom stereocenters. The van der Waals surface area contributed by atoms with Crippen LogP contribution >= 0.6 is 0 Å². The van der Waals surface area contributed by atoms with E-state index >= 15 is 0 Å². The van der Waals surface area contributed by atoms with Crippen LogP contribution in [0.1, 0.15) is 116 Å². The summed E-state index contributed by atoms with van der Waals surface area (Å²) in [4.78, 5) is 13.1. The number of hydrogen-bond donors (Lipinski definition) is 1. The Bertz CT molecular complexity index is 1400. The van der Waals surface area contributed by atoms with Gasteiger partial charge in [0, 0.05) is 6.42 Å². The number of carbonyl (C=O) groups is 1. The van der Waals surface area contributed by atoms with Crippen molar-refractivity contribution in [2.24, 2.45) is 56.6 Å². The zero-order valence-electron chi connectivity index (χ0n) is 28.2. The van der Waals surface area contributed by atoms with Gasteiger partial charge in [0.05, 0.1) is 16.9 Å². The Morgan fingerprint density at radius 2 is 1.58 bits per heavy atom. The van der Waals surface area contributed by atoms with Crippen LogP contribution in [0.4, 0.5) is 11.4 Å². The summed E-state index contributed by atoms with van der Waals surface area (Å²) in [5.74, 6) is 4.93. The van der Waals surface area contributed by atoms with Gasteiger partial charge in [-0.3, -0.25) is 0 Å². The molecule has 0 heterocycles. The molecule has 2 aromatic rings. The molecular weight excluding hydrogens is 556 g/mol. The second kappa shape index (κ2) is 13.0. The van der Waals surface area contributed by atoms with E-state index in [1.165, 1.54) is 51.4 Å². The van der Waals surface area contributed by atoms with Crippen LogP contribution in [0.2, 0.25) is 0 Å². The van der Waals surface area contributed by atoms with Crippen molar-refractivity contribution in [3.8, 4) is 5.75 Å². The van der Waals surface area contributed by atoms with Gasteiger partial charge in [0.25, 0.3) is 0 Å². The van der Waals surface area contributed by atoms with E-state index in [9.17, 15) is 9.90 Å². The van der Waals surface area contributed by atoms with Crippen molar-refractivity contribution in [3.05, 3.63) is 65.7 Å². The summed E-state index contributed by atoms with van der Waals surface area (Å²) in [5.41, 5.74) is 4.17. The van der Waals surface area contributed by atoms with Crippen LogP contribution in [0.5, 0.6) is 5.75 Å². The summed E-state index contributed by atoms with van der Waals surface area (Å²) >= 11 is 0. The van der Waals surface area contributed by atoms with Gasteiger partial charge in [0.15, 0.2) is 0 Å². The number of rotatable bonds is 9. The highest BCUT2D eigenvalue weighted by molar-refractivity contribution is 5.89. The van der Waals surface area contributed by atoms with E-state index in [0.717, 1.165) is 54.8 Å². The average molecular weight is 611 g/mol. The monoisotopic (exact) mass is 610 g/mol. The van der Waals surface area contributed by atoms with Crippen LogP contribution in [-0.4, -0.2) is 17.2 Å². The molecule has 5 heteroatoms. The van der Waals surface area contributed by atoms with E-state index in [2.05, 4.69) is 50.9 Å². The molecule has 4 aliphatic rings. The van der Waals surface area contributed by atoms with Gasteiger partial charge < -0.3 is 9.84 Å². The number of phenols is 1. The largest absolute Gasteiger partial charge is 0.508 e. The normalized spacial score (nSPS) is 33.3. The molecular formula is C40H54N2O3. The zero-order valence-corrected chi connectivity index (χ0v) is 28.2. The van der Waals surface area contributed by atoms with E-state index in [-0.39, 0.29) is 23.2 Å². The number of fused-ring (bicyclic) bond motifs is 5. The fourth-order valence-electron chi connectivity index (χ4n) is 10.3. The number of nitrogens with zero attached hydrogens (tertiary/aromatic N) is 2. The van der Waals surface area contributed by atoms with Gasteiger partial charge in [-0.05, 0) is 140 Å². The molecule has 242 valence electrons. The van der Waals surface area contributed by atoms with Gasteiger partial charge in [-0.2, -0.15) is 10.2 Å². The maximum Gasteiger partial charge on any atom is 0.338 e. The highest BCUT2D eigenvalue weighted by atomic mass is 16.5. The molecule has 3 fully saturated rings. The maximum atomic E-state index is 13.1. The topological polar surface area (TPSA) is 71.2 Å². The fraction of sp³-hybridized carbons (Fsp3) is 0.625. The van der Waals surface area contributed by atoms with Gasteiger partial charge in [0.2, 0.25) is 0 Å². The van der Waals surface area contributed by atoms with Gasteiger partial charge >= 0.3 is 5.97 Å². The van der Waals surface area contributed by atoms with Gasteiger partial charge in [-0.1, -0.05) is 65.5 Å². The zero-order chi connectivity index (χ0) is 31.8. The van der Waals surface area contributed by atoms with Crippen LogP contribution in [0.3, 0.4) is 0 Å². The Morgan fingerprint density at radius 1 is 0.889 bits per heavy atom. The van der Waals surface area contributed by atoms with Crippen molar-refractivity contribution in [2.45, 2.75) is 111 Å². The first-order valence-corrected chi connectivity index (χ1v) is 17.8. The van der Waals surface area contributed by atoms with Crippen LogP contribution in [-0.2, 0) is 4.74 Å². The van der Waals surface area contributed by atoms with Gasteiger partial charge in [-0.15, -0.1) is 0 Å². The highest BCUT2D eigenvalue weighted by Crippen LogP contribution is 2.67. The van der Waals surface area contributed by atoms with Crippen LogP contribution in [0.15, 0.2) is 70.4 Å². The second-order valence-electron chi connectivity index (χ2n) is 15.8. The molecule has 0 spiro atoms. The Labute approximate surface area is 271 Å². The fourth-order valence-corrected chi connectivity index (χ4v) is 10.3. The molecule has 0 saturated heterocycles. The Balaban J connectivity index is 1.06. The number of azo groups is 1. The molecule has 3 saturated carbocycles. The van der Waals surface area contributed by atoms with E-state index < -0.39 is 0 Å². The Morgan fingerprint density at radius 3 is 2.27 bits per heavy atom. The first-order chi connectivity index (χ1) is 21.6. The predicted molar refractivity (Wildman–Crippen MR) is 181 cm³/mol. The Kier molecular flexibility index (Phi) is 9.28. The molecule has 0 radical (unpaired) electrons. The van der Waals surface area contributed by atoms with Crippen molar-refractivity contribution in [1.82, 2.24) is 0 Å². The van der Waals surface area contributed by atoms with Crippen molar-refractivity contribution in [3.63, 3.8) is 0 Å². The number of benzene rings is 2. The molecule has 6 rings (SSSR count). The number of hydrogen-bond acceptors (Lipinski definition) is 5. The molecule has 8 atom stereocenters. The van der Waals surface area contributed by atoms with E-state index in [4.69, 9.17) is 4.74 Å². The van der Waals surface area contributed by atoms with Crippen molar-refractivity contribution in [1.29, 1.82) is 0 Å². The van der Waals surface area contributed by atoms with Gasteiger partial charge in [0.1, 0.15) is 11.9 Å². The first kappa shape index (κ1) is 32.0. The van der Waals surface area contributed by atoms with Crippen LogP contribution in [0, 0.1) is 46.3 Å². The highest BCUT2D eigenvalue weighted by Gasteiger charge is 2.59. The summed E-state index contributed by atoms with van der Waals surface area (Å²) in [6.45, 7) is 12.5. The third kappa shape index (κ3) is 6.51. The predicted octanol–water partition coefficient (Wildman–Crippen LogP) is 11.4. The van der Waals surface area contributed by atoms with E-state index in [0.29, 0.717) is 22.4 Å². The quantitative estimate of drug-likeness (QED) is 0.174. The van der Waals surface area contributed by atoms with Gasteiger partial charge in [-0.25, -0.2) is 4.79 Å². The molecule has 0 aliphatic heterocycles. The molecule has 0 aromatic heterocycles. The summed E-state index contributed by atoms with van der Waals surface area (Å²) < 4.78 is 6.10. The second-order valence-corrected chi connectivity index (χ2v) is 15.8. The minimum absolute atomic E-state index is 0.0568. The third-order valence-electron chi connectivity index (χ3n) is 12.8. The molecule has 2 aromatic carbocycles. The Hall–Kier alpha value is -2.95. The smallest absolute Gasteiger partial charge is 0.338 e. The molecule has 1 N–H and O–H groups in total. The van der Waals surface area contributed by atoms with Crippen molar-refractivity contribution >= 4 is 17.3 Å². The van der Waals surface area contributed by atoms with E-state index in [1.807, 2.05) is 0 Å². The average Bonchev–Trinajstić information content (AvgIpc) is 3.38. The SMILES string of the molecule is CC(C)CCC[C@@H](C)[C@H]1CC[C@H]2[C@@H]3CC=C4C[C@@H](OC(=O)c5ccc(N=Nc6ccc(O)cc6)cc5)CC[C@]4(C)[C@H]3CC[C@]12C. The van der Waals surface area contributed by atoms with Crippen LogP contribution < -0.4 is 0 Å². The third-order valence-corrected chi connectivity index (χ3v) is 12.8. The minimum atomic E-state index is -0.257. The number of allylic oxidation sites excluding steroid dienone is 1. The summed E-state index contributed by atoms with van der Waals surface area (Å²) in [6.07, 6.45) is 16.4. The number of aromatic hydroxyl groups is 1. The minimum Gasteiger partial charge on any atom is -0.508 e. The van der Waals surface area contributed by atoms with Crippen LogP contribution in [0.25, 0.3) is 0 Å². The number of phenolic OH excluding ortho intramolecular Hbond substituents is 1. The summed E-state index contributed by atoms with van der Waals surface area (Å²) in [7, 11) is 0. The molecule has 45 heavy (non-hydrogen) atoms. The van der Waals surface area contributed by atoms with Crippen molar-refractivity contribution in [2.75, 3.05) is 0 Å². The lowest BCUT2D eigenvalue weighted by molar-refractivity contribution is -0.0594. The number of carbonyl (C=O) groups excluding carboxylic acids is 1. The lowest BCUT2D eigenvalue weighted by Gasteiger charge is -2.58. The lowest BCUT2D eigenvalue weighted by atomic mass is 9.47. The lowest BCUT2D eigenvalue weighted by Crippen LogP contribution is -2.51.